The molecule has 3 fully saturated rings. The van der Waals surface area contributed by atoms with Crippen LogP contribution < -0.4 is 10.9 Å². The summed E-state index contributed by atoms with van der Waals surface area (Å²) in [5.74, 6) is -3.84. The number of rotatable bonds is 5. The highest BCUT2D eigenvalue weighted by Gasteiger charge is 2.66. The number of imide groups is 1. The molecule has 9 nitrogen and oxygen atoms in total. The Kier molecular flexibility index (Phi) is 6.60. The van der Waals surface area contributed by atoms with Gasteiger partial charge in [0.2, 0.25) is 11.8 Å². The van der Waals surface area contributed by atoms with E-state index in [-0.39, 0.29) is 43.9 Å². The Bertz CT molecular complexity index is 975. The summed E-state index contributed by atoms with van der Waals surface area (Å²) in [6.07, 6.45) is 0.789. The van der Waals surface area contributed by atoms with Gasteiger partial charge in [-0.25, -0.2) is 0 Å². The van der Waals surface area contributed by atoms with Crippen LogP contribution >= 0.6 is 43.5 Å². The van der Waals surface area contributed by atoms with E-state index in [4.69, 9.17) is 16.3 Å². The van der Waals surface area contributed by atoms with Crippen LogP contribution in [0.1, 0.15) is 16.8 Å². The molecule has 6 atom stereocenters. The van der Waals surface area contributed by atoms with E-state index < -0.39 is 42.8 Å². The van der Waals surface area contributed by atoms with Gasteiger partial charge in [-0.15, -0.1) is 0 Å². The maximum Gasteiger partial charge on any atom is 0.326 e. The van der Waals surface area contributed by atoms with Crippen LogP contribution in [0.3, 0.4) is 0 Å². The summed E-state index contributed by atoms with van der Waals surface area (Å²) in [6, 6.07) is 6.27. The van der Waals surface area contributed by atoms with Gasteiger partial charge >= 0.3 is 5.97 Å². The molecule has 1 aromatic rings. The van der Waals surface area contributed by atoms with E-state index in [0.29, 0.717) is 0 Å². The fraction of sp³-hybridized carbons (Fsp3) is 0.450. The van der Waals surface area contributed by atoms with E-state index in [1.807, 2.05) is 0 Å². The SMILES string of the molecule is O=C(COC(=O)CN1C(=O)[C@@H]2[C@H]3C[C@@H]([C@H](Br)[C@H]3Br)[C@H]2C1=O)NNC(=O)c1ccccc1Cl. The monoisotopic (exact) mass is 589 g/mol. The quantitative estimate of drug-likeness (QED) is 0.231. The Morgan fingerprint density at radius 2 is 1.62 bits per heavy atom. The maximum atomic E-state index is 12.8. The van der Waals surface area contributed by atoms with Crippen LogP contribution in [0.2, 0.25) is 5.02 Å². The van der Waals surface area contributed by atoms with Gasteiger partial charge in [-0.3, -0.25) is 39.7 Å². The average Bonchev–Trinajstić information content (AvgIpc) is 3.37. The van der Waals surface area contributed by atoms with Crippen molar-refractivity contribution in [3.05, 3.63) is 34.9 Å². The van der Waals surface area contributed by atoms with Crippen LogP contribution in [0.25, 0.3) is 0 Å². The lowest BCUT2D eigenvalue weighted by Crippen LogP contribution is -2.44. The van der Waals surface area contributed by atoms with Gasteiger partial charge in [0.15, 0.2) is 6.61 Å². The Morgan fingerprint density at radius 1 is 1.03 bits per heavy atom. The molecule has 3 aliphatic rings. The summed E-state index contributed by atoms with van der Waals surface area (Å²) in [5, 5.41) is 0.210. The van der Waals surface area contributed by atoms with E-state index in [1.165, 1.54) is 12.1 Å². The lowest BCUT2D eigenvalue weighted by molar-refractivity contribution is -0.155. The van der Waals surface area contributed by atoms with Crippen molar-refractivity contribution in [2.75, 3.05) is 13.2 Å². The van der Waals surface area contributed by atoms with Crippen molar-refractivity contribution in [2.45, 2.75) is 16.1 Å². The van der Waals surface area contributed by atoms with Crippen molar-refractivity contribution >= 4 is 73.1 Å². The first-order valence-electron chi connectivity index (χ1n) is 9.83. The first-order valence-corrected chi connectivity index (χ1v) is 12.0. The maximum absolute atomic E-state index is 12.8. The summed E-state index contributed by atoms with van der Waals surface area (Å²) < 4.78 is 4.86. The second kappa shape index (κ2) is 9.11. The first-order chi connectivity index (χ1) is 15.2. The zero-order valence-corrected chi connectivity index (χ0v) is 20.4. The molecule has 1 saturated heterocycles. The van der Waals surface area contributed by atoms with Crippen molar-refractivity contribution in [3.63, 3.8) is 0 Å². The summed E-state index contributed by atoms with van der Waals surface area (Å²) >= 11 is 13.1. The third-order valence-electron chi connectivity index (χ3n) is 6.16. The molecule has 1 aliphatic heterocycles. The van der Waals surface area contributed by atoms with Crippen LogP contribution in [-0.4, -0.2) is 57.3 Å². The van der Waals surface area contributed by atoms with Crippen LogP contribution in [0.15, 0.2) is 24.3 Å². The van der Waals surface area contributed by atoms with Crippen molar-refractivity contribution < 1.29 is 28.7 Å². The summed E-state index contributed by atoms with van der Waals surface area (Å²) in [7, 11) is 0. The number of nitrogens with zero attached hydrogens (tertiary/aromatic N) is 1. The van der Waals surface area contributed by atoms with Gasteiger partial charge in [-0.1, -0.05) is 55.6 Å². The number of hydrogen-bond acceptors (Lipinski definition) is 6. The third kappa shape index (κ3) is 4.06. The van der Waals surface area contributed by atoms with Gasteiger partial charge in [-0.05, 0) is 30.4 Å². The number of likely N-dealkylation sites (tertiary alicyclic amines) is 1. The largest absolute Gasteiger partial charge is 0.454 e. The van der Waals surface area contributed by atoms with E-state index in [0.717, 1.165) is 11.3 Å². The number of hydrazine groups is 1. The average molecular weight is 592 g/mol. The molecule has 0 aromatic heterocycles. The van der Waals surface area contributed by atoms with Gasteiger partial charge in [0.1, 0.15) is 6.54 Å². The molecule has 170 valence electrons. The van der Waals surface area contributed by atoms with Gasteiger partial charge in [0.25, 0.3) is 11.8 Å². The number of fused-ring (bicyclic) bond motifs is 5. The van der Waals surface area contributed by atoms with Crippen LogP contribution in [0.5, 0.6) is 0 Å². The smallest absolute Gasteiger partial charge is 0.326 e. The van der Waals surface area contributed by atoms with E-state index in [9.17, 15) is 24.0 Å². The zero-order chi connectivity index (χ0) is 23.2. The van der Waals surface area contributed by atoms with Gasteiger partial charge in [0, 0.05) is 9.65 Å². The molecule has 32 heavy (non-hydrogen) atoms. The lowest BCUT2D eigenvalue weighted by atomic mass is 9.81. The Morgan fingerprint density at radius 3 is 2.22 bits per heavy atom. The number of carbonyl (C=O) groups excluding carboxylic acids is 5. The molecule has 0 unspecified atom stereocenters. The van der Waals surface area contributed by atoms with E-state index in [1.54, 1.807) is 12.1 Å². The van der Waals surface area contributed by atoms with Crippen molar-refractivity contribution in [1.29, 1.82) is 0 Å². The predicted molar refractivity (Wildman–Crippen MR) is 119 cm³/mol. The summed E-state index contributed by atoms with van der Waals surface area (Å²) in [6.45, 7) is -1.24. The molecule has 2 N–H and O–H groups in total. The molecule has 0 spiro atoms. The molecule has 2 saturated carbocycles. The molecule has 4 amide bonds. The minimum atomic E-state index is -0.891. The molecule has 2 bridgehead atoms. The lowest BCUT2D eigenvalue weighted by Gasteiger charge is -2.28. The normalized spacial score (nSPS) is 30.3. The second-order valence-electron chi connectivity index (χ2n) is 7.91. The van der Waals surface area contributed by atoms with Gasteiger partial charge in [0.05, 0.1) is 22.4 Å². The first kappa shape index (κ1) is 23.2. The van der Waals surface area contributed by atoms with E-state index in [2.05, 4.69) is 42.7 Å². The number of esters is 1. The number of benzene rings is 1. The van der Waals surface area contributed by atoms with Gasteiger partial charge in [-0.2, -0.15) is 0 Å². The van der Waals surface area contributed by atoms with Crippen LogP contribution in [0.4, 0.5) is 0 Å². The Balaban J connectivity index is 1.25. The molecule has 1 heterocycles. The standard InChI is InChI=1S/C20H18Br2ClN3O6/c21-16-9-5-10(17(16)22)15-14(9)19(30)26(20(15)31)6-13(28)32-7-12(27)24-25-18(29)8-3-1-2-4-11(8)23/h1-4,9-10,14-17H,5-7H2,(H,24,27)(H,25,29)/t9-,10-,14-,15-,16+,17+/m1/s1. The Hall–Kier alpha value is -1.98. The number of hydrogen-bond donors (Lipinski definition) is 2. The number of ether oxygens (including phenoxy) is 1. The zero-order valence-electron chi connectivity index (χ0n) is 16.4. The molecule has 12 heteroatoms. The fourth-order valence-electron chi connectivity index (χ4n) is 4.76. The molecular weight excluding hydrogens is 573 g/mol. The highest BCUT2D eigenvalue weighted by atomic mass is 79.9. The van der Waals surface area contributed by atoms with E-state index >= 15 is 0 Å². The summed E-state index contributed by atoms with van der Waals surface area (Å²) in [5.41, 5.74) is 4.43. The molecule has 1 aromatic carbocycles. The van der Waals surface area contributed by atoms with Crippen molar-refractivity contribution in [2.24, 2.45) is 23.7 Å². The number of carbonyl (C=O) groups is 5. The van der Waals surface area contributed by atoms with Crippen molar-refractivity contribution in [1.82, 2.24) is 15.8 Å². The Labute approximate surface area is 204 Å². The van der Waals surface area contributed by atoms with Crippen LogP contribution in [-0.2, 0) is 23.9 Å². The molecule has 2 aliphatic carbocycles. The van der Waals surface area contributed by atoms with Crippen molar-refractivity contribution in [3.8, 4) is 0 Å². The molecule has 4 rings (SSSR count). The minimum Gasteiger partial charge on any atom is -0.454 e. The highest BCUT2D eigenvalue weighted by Crippen LogP contribution is 2.60. The van der Waals surface area contributed by atoms with Crippen LogP contribution in [0, 0.1) is 23.7 Å². The number of halogens is 3. The predicted octanol–water partition coefficient (Wildman–Crippen LogP) is 1.42. The number of alkyl halides is 2. The third-order valence-corrected chi connectivity index (χ3v) is 9.70. The van der Waals surface area contributed by atoms with Gasteiger partial charge < -0.3 is 4.74 Å². The summed E-state index contributed by atoms with van der Waals surface area (Å²) in [4.78, 5) is 62.7. The fourth-order valence-corrected chi connectivity index (χ4v) is 6.86. The topological polar surface area (TPSA) is 122 Å². The highest BCUT2D eigenvalue weighted by molar-refractivity contribution is 9.12. The molecule has 0 radical (unpaired) electrons. The molecular formula is C20H18Br2ClN3O6. The number of amides is 4. The second-order valence-corrected chi connectivity index (χ2v) is 10.4. The number of nitrogens with one attached hydrogen (secondary N) is 2. The minimum absolute atomic E-state index is 0.0411.